The second-order valence-electron chi connectivity index (χ2n) is 5.83. The van der Waals surface area contributed by atoms with E-state index in [4.69, 9.17) is 4.74 Å². The van der Waals surface area contributed by atoms with Crippen LogP contribution in [-0.2, 0) is 4.74 Å². The number of aliphatic hydroxyl groups excluding tert-OH is 2. The topological polar surface area (TPSA) is 49.7 Å². The standard InChI is InChI=1S/C15H24O3/c1-5-13-12(7-16)14-11(9(4)18-13)6-10(8(2)3)15(14)17/h5,8-11,13,15-17H,1,6-7H2,2-4H3/t9-,10-,11+,13+,15-/m1/s1. The molecule has 3 nitrogen and oxygen atoms in total. The average Bonchev–Trinajstić information content (AvgIpc) is 2.68. The normalized spacial score (nSPS) is 40.2. The van der Waals surface area contributed by atoms with Crippen molar-refractivity contribution in [2.75, 3.05) is 6.61 Å². The number of fused-ring (bicyclic) bond motifs is 1. The van der Waals surface area contributed by atoms with E-state index in [1.165, 1.54) is 0 Å². The first-order valence-corrected chi connectivity index (χ1v) is 6.81. The predicted octanol–water partition coefficient (Wildman–Crippen LogP) is 1.90. The Hall–Kier alpha value is -0.640. The molecule has 18 heavy (non-hydrogen) atoms. The maximum atomic E-state index is 10.5. The number of hydrogen-bond acceptors (Lipinski definition) is 3. The third-order valence-electron chi connectivity index (χ3n) is 4.53. The van der Waals surface area contributed by atoms with Crippen LogP contribution in [0, 0.1) is 17.8 Å². The van der Waals surface area contributed by atoms with Gasteiger partial charge in [-0.1, -0.05) is 19.9 Å². The molecule has 1 heterocycles. The highest BCUT2D eigenvalue weighted by Crippen LogP contribution is 2.47. The minimum absolute atomic E-state index is 0.0584. The van der Waals surface area contributed by atoms with Crippen molar-refractivity contribution in [3.8, 4) is 0 Å². The summed E-state index contributed by atoms with van der Waals surface area (Å²) >= 11 is 0. The van der Waals surface area contributed by atoms with E-state index in [1.807, 2.05) is 6.92 Å². The quantitative estimate of drug-likeness (QED) is 0.754. The first-order chi connectivity index (χ1) is 8.51. The molecule has 0 saturated heterocycles. The monoisotopic (exact) mass is 252 g/mol. The predicted molar refractivity (Wildman–Crippen MR) is 71.1 cm³/mol. The Balaban J connectivity index is 2.42. The maximum absolute atomic E-state index is 10.5. The Kier molecular flexibility index (Phi) is 3.95. The minimum atomic E-state index is -0.439. The third kappa shape index (κ3) is 2.04. The number of aliphatic hydroxyl groups is 2. The van der Waals surface area contributed by atoms with Crippen molar-refractivity contribution < 1.29 is 14.9 Å². The molecule has 2 N–H and O–H groups in total. The van der Waals surface area contributed by atoms with Gasteiger partial charge in [-0.2, -0.15) is 0 Å². The molecule has 102 valence electrons. The summed E-state index contributed by atoms with van der Waals surface area (Å²) in [7, 11) is 0. The van der Waals surface area contributed by atoms with Gasteiger partial charge in [-0.15, -0.1) is 6.58 Å². The second-order valence-corrected chi connectivity index (χ2v) is 5.83. The van der Waals surface area contributed by atoms with E-state index in [0.717, 1.165) is 17.6 Å². The van der Waals surface area contributed by atoms with Gasteiger partial charge in [-0.05, 0) is 36.3 Å². The summed E-state index contributed by atoms with van der Waals surface area (Å²) in [6.45, 7) is 10.0. The molecule has 3 heteroatoms. The van der Waals surface area contributed by atoms with Crippen molar-refractivity contribution in [2.45, 2.75) is 45.5 Å². The van der Waals surface area contributed by atoms with Crippen LogP contribution in [0.3, 0.4) is 0 Å². The van der Waals surface area contributed by atoms with Crippen LogP contribution in [0.15, 0.2) is 23.8 Å². The molecule has 0 aromatic heterocycles. The average molecular weight is 252 g/mol. The number of hydrogen-bond donors (Lipinski definition) is 2. The second kappa shape index (κ2) is 5.16. The fraction of sp³-hybridized carbons (Fsp3) is 0.733. The molecule has 0 amide bonds. The maximum Gasteiger partial charge on any atom is 0.0993 e. The highest BCUT2D eigenvalue weighted by molar-refractivity contribution is 5.34. The van der Waals surface area contributed by atoms with Crippen LogP contribution in [0.2, 0.25) is 0 Å². The molecule has 0 radical (unpaired) electrons. The highest BCUT2D eigenvalue weighted by atomic mass is 16.5. The van der Waals surface area contributed by atoms with Crippen LogP contribution in [0.5, 0.6) is 0 Å². The molecule has 1 aliphatic heterocycles. The summed E-state index contributed by atoms with van der Waals surface area (Å²) in [6, 6.07) is 0. The van der Waals surface area contributed by atoms with E-state index in [1.54, 1.807) is 6.08 Å². The lowest BCUT2D eigenvalue weighted by Gasteiger charge is -2.34. The van der Waals surface area contributed by atoms with Crippen LogP contribution in [-0.4, -0.2) is 35.1 Å². The van der Waals surface area contributed by atoms with E-state index in [2.05, 4.69) is 20.4 Å². The zero-order valence-electron chi connectivity index (χ0n) is 11.5. The smallest absolute Gasteiger partial charge is 0.0993 e. The lowest BCUT2D eigenvalue weighted by molar-refractivity contribution is -0.00539. The Morgan fingerprint density at radius 2 is 2.17 bits per heavy atom. The molecule has 5 atom stereocenters. The molecule has 1 fully saturated rings. The van der Waals surface area contributed by atoms with Crippen molar-refractivity contribution >= 4 is 0 Å². The molecule has 0 aromatic carbocycles. The van der Waals surface area contributed by atoms with Crippen LogP contribution < -0.4 is 0 Å². The Bertz CT molecular complexity index is 359. The lowest BCUT2D eigenvalue weighted by atomic mass is 9.87. The van der Waals surface area contributed by atoms with E-state index >= 15 is 0 Å². The Labute approximate surface area is 109 Å². The molecular formula is C15H24O3. The van der Waals surface area contributed by atoms with Gasteiger partial charge in [0.1, 0.15) is 0 Å². The van der Waals surface area contributed by atoms with E-state index < -0.39 is 6.10 Å². The van der Waals surface area contributed by atoms with Crippen molar-refractivity contribution in [2.24, 2.45) is 17.8 Å². The van der Waals surface area contributed by atoms with Gasteiger partial charge in [-0.3, -0.25) is 0 Å². The molecular weight excluding hydrogens is 228 g/mol. The molecule has 1 aliphatic carbocycles. The summed E-state index contributed by atoms with van der Waals surface area (Å²) in [5, 5.41) is 20.1. The zero-order chi connectivity index (χ0) is 13.4. The summed E-state index contributed by atoms with van der Waals surface area (Å²) in [6.07, 6.45) is 2.04. The van der Waals surface area contributed by atoms with Crippen molar-refractivity contribution in [3.05, 3.63) is 23.8 Å². The van der Waals surface area contributed by atoms with Crippen LogP contribution in [0.4, 0.5) is 0 Å². The lowest BCUT2D eigenvalue weighted by Crippen LogP contribution is -2.36. The molecule has 0 bridgehead atoms. The molecule has 2 aliphatic rings. The van der Waals surface area contributed by atoms with Gasteiger partial charge in [0.15, 0.2) is 0 Å². The van der Waals surface area contributed by atoms with Gasteiger partial charge in [0.05, 0.1) is 24.9 Å². The summed E-state index contributed by atoms with van der Waals surface area (Å²) in [4.78, 5) is 0. The fourth-order valence-electron chi connectivity index (χ4n) is 3.46. The highest BCUT2D eigenvalue weighted by Gasteiger charge is 2.46. The van der Waals surface area contributed by atoms with Gasteiger partial charge < -0.3 is 14.9 Å². The van der Waals surface area contributed by atoms with Gasteiger partial charge in [-0.25, -0.2) is 0 Å². The van der Waals surface area contributed by atoms with Gasteiger partial charge in [0.2, 0.25) is 0 Å². The summed E-state index contributed by atoms with van der Waals surface area (Å²) in [5.41, 5.74) is 1.84. The van der Waals surface area contributed by atoms with E-state index in [-0.39, 0.29) is 30.7 Å². The largest absolute Gasteiger partial charge is 0.392 e. The Morgan fingerprint density at radius 1 is 1.50 bits per heavy atom. The number of ether oxygens (including phenoxy) is 1. The first kappa shape index (κ1) is 13.8. The first-order valence-electron chi connectivity index (χ1n) is 6.81. The van der Waals surface area contributed by atoms with Crippen LogP contribution in [0.1, 0.15) is 27.2 Å². The molecule has 0 spiro atoms. The fourth-order valence-corrected chi connectivity index (χ4v) is 3.46. The van der Waals surface area contributed by atoms with Gasteiger partial charge in [0.25, 0.3) is 0 Å². The van der Waals surface area contributed by atoms with Crippen molar-refractivity contribution in [1.29, 1.82) is 0 Å². The van der Waals surface area contributed by atoms with Crippen molar-refractivity contribution in [3.63, 3.8) is 0 Å². The number of rotatable bonds is 3. The van der Waals surface area contributed by atoms with Gasteiger partial charge in [0, 0.05) is 5.92 Å². The third-order valence-corrected chi connectivity index (χ3v) is 4.53. The molecule has 0 unspecified atom stereocenters. The SMILES string of the molecule is C=C[C@@H]1O[C@H](C)[C@@H]2C[C@H](C(C)C)[C@@H](O)C2=C1CO. The van der Waals surface area contributed by atoms with Gasteiger partial charge >= 0.3 is 0 Å². The van der Waals surface area contributed by atoms with Crippen LogP contribution >= 0.6 is 0 Å². The molecule has 1 saturated carbocycles. The van der Waals surface area contributed by atoms with E-state index in [0.29, 0.717) is 5.92 Å². The molecule has 2 rings (SSSR count). The summed E-state index contributed by atoms with van der Waals surface area (Å²) < 4.78 is 5.88. The Morgan fingerprint density at radius 3 is 2.67 bits per heavy atom. The van der Waals surface area contributed by atoms with Crippen LogP contribution in [0.25, 0.3) is 0 Å². The zero-order valence-corrected chi connectivity index (χ0v) is 11.5. The van der Waals surface area contributed by atoms with E-state index in [9.17, 15) is 10.2 Å². The molecule has 0 aromatic rings. The summed E-state index contributed by atoms with van der Waals surface area (Å²) in [5.74, 6) is 0.944. The van der Waals surface area contributed by atoms with Crippen molar-refractivity contribution in [1.82, 2.24) is 0 Å². The minimum Gasteiger partial charge on any atom is -0.392 e.